The van der Waals surface area contributed by atoms with E-state index in [0.717, 1.165) is 32.8 Å². The molecule has 0 aliphatic carbocycles. The number of hydrogen-bond donors (Lipinski definition) is 2. The third-order valence-corrected chi connectivity index (χ3v) is 8.84. The van der Waals surface area contributed by atoms with Crippen LogP contribution in [0.4, 0.5) is 5.69 Å². The minimum atomic E-state index is -0.618. The minimum Gasteiger partial charge on any atom is -0.392 e. The Balaban J connectivity index is 1.16. The third-order valence-electron chi connectivity index (χ3n) is 7.70. The summed E-state index contributed by atoms with van der Waals surface area (Å²) in [6.07, 6.45) is -0.294. The molecule has 3 amide bonds. The van der Waals surface area contributed by atoms with Crippen molar-refractivity contribution >= 4 is 35.2 Å². The summed E-state index contributed by atoms with van der Waals surface area (Å²) in [6.45, 7) is 1.64. The van der Waals surface area contributed by atoms with E-state index in [0.29, 0.717) is 23.3 Å². The third kappa shape index (κ3) is 6.61. The van der Waals surface area contributed by atoms with Crippen LogP contribution < -0.4 is 5.32 Å². The number of anilines is 1. The van der Waals surface area contributed by atoms with Gasteiger partial charge in [0, 0.05) is 35.2 Å². The molecule has 2 aliphatic rings. The Morgan fingerprint density at radius 3 is 2.07 bits per heavy atom. The molecule has 0 radical (unpaired) electrons. The Bertz CT molecular complexity index is 1620. The fourth-order valence-electron chi connectivity index (χ4n) is 5.40. The van der Waals surface area contributed by atoms with Crippen LogP contribution in [0.3, 0.4) is 0 Å². The lowest BCUT2D eigenvalue weighted by Gasteiger charge is -2.36. The molecule has 0 spiro atoms. The van der Waals surface area contributed by atoms with E-state index < -0.39 is 6.29 Å². The Morgan fingerprint density at radius 2 is 1.45 bits per heavy atom. The monoisotopic (exact) mass is 608 g/mol. The average Bonchev–Trinajstić information content (AvgIpc) is 3.29. The summed E-state index contributed by atoms with van der Waals surface area (Å²) in [6, 6.07) is 30.0. The standard InChI is InChI=1S/C35H32N2O6S/c1-22(39)36-27-14-16-29(17-15-27)44-21-28-18-32(25-10-8-24(20-38)9-11-25)43-35(42-28)26-12-6-23(7-13-26)19-37-33(40)30-4-2-3-5-31(30)34(37)41/h2-17,28,32,35,38H,18-21H2,1H3,(H,36,39)/t28-,32+,35+/m1/s1. The van der Waals surface area contributed by atoms with Crippen LogP contribution in [0.5, 0.6) is 0 Å². The normalized spacial score (nSPS) is 19.6. The largest absolute Gasteiger partial charge is 0.392 e. The highest BCUT2D eigenvalue weighted by molar-refractivity contribution is 7.99. The summed E-state index contributed by atoms with van der Waals surface area (Å²) in [5.74, 6) is 0.0202. The van der Waals surface area contributed by atoms with Gasteiger partial charge in [0.05, 0.1) is 36.5 Å². The van der Waals surface area contributed by atoms with Gasteiger partial charge in [0.2, 0.25) is 5.91 Å². The molecule has 4 aromatic carbocycles. The highest BCUT2D eigenvalue weighted by Gasteiger charge is 2.35. The molecule has 0 saturated carbocycles. The highest BCUT2D eigenvalue weighted by atomic mass is 32.2. The van der Waals surface area contributed by atoms with Crippen LogP contribution in [0.1, 0.15) is 68.7 Å². The molecule has 9 heteroatoms. The van der Waals surface area contributed by atoms with Crippen molar-refractivity contribution in [2.45, 2.75) is 49.9 Å². The van der Waals surface area contributed by atoms with E-state index in [1.807, 2.05) is 72.8 Å². The van der Waals surface area contributed by atoms with Gasteiger partial charge in [-0.1, -0.05) is 60.7 Å². The summed E-state index contributed by atoms with van der Waals surface area (Å²) in [7, 11) is 0. The summed E-state index contributed by atoms with van der Waals surface area (Å²) >= 11 is 1.67. The molecular formula is C35H32N2O6S. The van der Waals surface area contributed by atoms with Crippen LogP contribution in [0.15, 0.2) is 102 Å². The van der Waals surface area contributed by atoms with Gasteiger partial charge in [-0.05, 0) is 53.1 Å². The van der Waals surface area contributed by atoms with Crippen molar-refractivity contribution < 1.29 is 29.0 Å². The Labute approximate surface area is 260 Å². The molecule has 6 rings (SSSR count). The van der Waals surface area contributed by atoms with Gasteiger partial charge in [-0.3, -0.25) is 19.3 Å². The van der Waals surface area contributed by atoms with Crippen molar-refractivity contribution in [2.75, 3.05) is 11.1 Å². The number of benzene rings is 4. The molecular weight excluding hydrogens is 576 g/mol. The Kier molecular flexibility index (Phi) is 8.90. The van der Waals surface area contributed by atoms with E-state index in [9.17, 15) is 19.5 Å². The molecule has 0 aromatic heterocycles. The molecule has 2 N–H and O–H groups in total. The zero-order chi connectivity index (χ0) is 30.6. The lowest BCUT2D eigenvalue weighted by Crippen LogP contribution is -2.31. The van der Waals surface area contributed by atoms with E-state index in [4.69, 9.17) is 9.47 Å². The van der Waals surface area contributed by atoms with Gasteiger partial charge in [0.15, 0.2) is 6.29 Å². The molecule has 224 valence electrons. The van der Waals surface area contributed by atoms with Gasteiger partial charge < -0.3 is 19.9 Å². The summed E-state index contributed by atoms with van der Waals surface area (Å²) < 4.78 is 12.9. The van der Waals surface area contributed by atoms with Crippen LogP contribution in [0.25, 0.3) is 0 Å². The molecule has 44 heavy (non-hydrogen) atoms. The lowest BCUT2D eigenvalue weighted by atomic mass is 10.0. The number of nitrogens with zero attached hydrogens (tertiary/aromatic N) is 1. The predicted octanol–water partition coefficient (Wildman–Crippen LogP) is 6.27. The van der Waals surface area contributed by atoms with Crippen molar-refractivity contribution in [3.05, 3.63) is 130 Å². The van der Waals surface area contributed by atoms with Crippen LogP contribution in [-0.4, -0.2) is 39.6 Å². The van der Waals surface area contributed by atoms with E-state index in [2.05, 4.69) is 5.32 Å². The van der Waals surface area contributed by atoms with Crippen molar-refractivity contribution in [1.29, 1.82) is 0 Å². The topological polar surface area (TPSA) is 105 Å². The fraction of sp³-hybridized carbons (Fsp3) is 0.229. The molecule has 4 aromatic rings. The van der Waals surface area contributed by atoms with E-state index in [1.165, 1.54) is 11.8 Å². The van der Waals surface area contributed by atoms with Crippen LogP contribution in [-0.2, 0) is 27.4 Å². The molecule has 8 nitrogen and oxygen atoms in total. The van der Waals surface area contributed by atoms with Crippen molar-refractivity contribution in [2.24, 2.45) is 0 Å². The Hall–Kier alpha value is -4.28. The first-order valence-electron chi connectivity index (χ1n) is 14.4. The molecule has 3 atom stereocenters. The maximum atomic E-state index is 12.8. The van der Waals surface area contributed by atoms with Crippen molar-refractivity contribution in [3.8, 4) is 0 Å². The molecule has 2 heterocycles. The number of aliphatic hydroxyl groups excluding tert-OH is 1. The second kappa shape index (κ2) is 13.2. The van der Waals surface area contributed by atoms with E-state index in [-0.39, 0.29) is 43.1 Å². The van der Waals surface area contributed by atoms with Crippen LogP contribution in [0.2, 0.25) is 0 Å². The number of amides is 3. The zero-order valence-corrected chi connectivity index (χ0v) is 25.0. The molecule has 0 bridgehead atoms. The van der Waals surface area contributed by atoms with Crippen molar-refractivity contribution in [3.63, 3.8) is 0 Å². The number of fused-ring (bicyclic) bond motifs is 1. The zero-order valence-electron chi connectivity index (χ0n) is 24.1. The van der Waals surface area contributed by atoms with Gasteiger partial charge in [-0.25, -0.2) is 0 Å². The number of carbonyl (C=O) groups excluding carboxylic acids is 3. The van der Waals surface area contributed by atoms with E-state index in [1.54, 1.807) is 36.0 Å². The predicted molar refractivity (Wildman–Crippen MR) is 167 cm³/mol. The maximum Gasteiger partial charge on any atom is 0.261 e. The van der Waals surface area contributed by atoms with Crippen LogP contribution in [0, 0.1) is 0 Å². The second-order valence-corrected chi connectivity index (χ2v) is 11.9. The second-order valence-electron chi connectivity index (χ2n) is 10.9. The number of carbonyl (C=O) groups is 3. The van der Waals surface area contributed by atoms with Crippen LogP contribution >= 0.6 is 11.8 Å². The average molecular weight is 609 g/mol. The number of hydrogen-bond acceptors (Lipinski definition) is 7. The molecule has 1 saturated heterocycles. The minimum absolute atomic E-state index is 0.0232. The van der Waals surface area contributed by atoms with E-state index >= 15 is 0 Å². The number of nitrogens with one attached hydrogen (secondary N) is 1. The first-order chi connectivity index (χ1) is 21.4. The van der Waals surface area contributed by atoms with Gasteiger partial charge in [-0.2, -0.15) is 0 Å². The van der Waals surface area contributed by atoms with Gasteiger partial charge >= 0.3 is 0 Å². The molecule has 2 aliphatic heterocycles. The van der Waals surface area contributed by atoms with Gasteiger partial charge in [0.1, 0.15) is 0 Å². The maximum absolute atomic E-state index is 12.8. The SMILES string of the molecule is CC(=O)Nc1ccc(SC[C@H]2C[C@@H](c3ccc(CO)cc3)O[C@@H](c3ccc(CN4C(=O)c5ccccc5C4=O)cc3)O2)cc1. The first-order valence-corrected chi connectivity index (χ1v) is 15.4. The number of ether oxygens (including phenoxy) is 2. The van der Waals surface area contributed by atoms with Gasteiger partial charge in [0.25, 0.3) is 11.8 Å². The first kappa shape index (κ1) is 29.8. The van der Waals surface area contributed by atoms with Crippen molar-refractivity contribution in [1.82, 2.24) is 4.90 Å². The Morgan fingerprint density at radius 1 is 0.841 bits per heavy atom. The summed E-state index contributed by atoms with van der Waals surface area (Å²) in [5.41, 5.74) is 5.12. The van der Waals surface area contributed by atoms with Gasteiger partial charge in [-0.15, -0.1) is 11.8 Å². The number of rotatable bonds is 9. The molecule has 1 fully saturated rings. The summed E-state index contributed by atoms with van der Waals surface area (Å²) in [5, 5.41) is 12.3. The number of thioether (sulfide) groups is 1. The number of imide groups is 1. The smallest absolute Gasteiger partial charge is 0.261 e. The fourth-order valence-corrected chi connectivity index (χ4v) is 6.32. The molecule has 0 unspecified atom stereocenters. The number of aliphatic hydroxyl groups is 1. The summed E-state index contributed by atoms with van der Waals surface area (Å²) in [4.78, 5) is 39.3. The highest BCUT2D eigenvalue weighted by Crippen LogP contribution is 2.39. The quantitative estimate of drug-likeness (QED) is 0.170. The lowest BCUT2D eigenvalue weighted by molar-refractivity contribution is -0.245.